The molecule has 2 rings (SSSR count). The van der Waals surface area contributed by atoms with E-state index in [2.05, 4.69) is 35.6 Å². The van der Waals surface area contributed by atoms with Gasteiger partial charge in [0.1, 0.15) is 0 Å². The second kappa shape index (κ2) is 3.05. The zero-order valence-corrected chi connectivity index (χ0v) is 6.53. The molecule has 57 valence electrons. The fraction of sp³-hybridized carbons (Fsp3) is 0.400. The van der Waals surface area contributed by atoms with Gasteiger partial charge in [-0.15, -0.1) is 0 Å². The van der Waals surface area contributed by atoms with E-state index < -0.39 is 0 Å². The number of hydrogen-bond acceptors (Lipinski definition) is 0. The van der Waals surface area contributed by atoms with Crippen LogP contribution in [0.5, 0.6) is 0 Å². The third-order valence-corrected chi connectivity index (χ3v) is 2.26. The van der Waals surface area contributed by atoms with Crippen LogP contribution in [0.3, 0.4) is 0 Å². The predicted molar refractivity (Wildman–Crippen MR) is 45.7 cm³/mol. The van der Waals surface area contributed by atoms with E-state index in [0.29, 0.717) is 5.92 Å². The largest absolute Gasteiger partial charge is 0.241 e. The number of nitrogens with zero attached hydrogens (tertiary/aromatic N) is 1. The first-order valence-corrected chi connectivity index (χ1v) is 4.15. The summed E-state index contributed by atoms with van der Waals surface area (Å²) < 4.78 is 0. The lowest BCUT2D eigenvalue weighted by Crippen LogP contribution is -2.00. The van der Waals surface area contributed by atoms with Gasteiger partial charge in [0.15, 0.2) is 0 Å². The van der Waals surface area contributed by atoms with Crippen molar-refractivity contribution in [3.63, 3.8) is 0 Å². The van der Waals surface area contributed by atoms with E-state index in [1.165, 1.54) is 12.0 Å². The fourth-order valence-electron chi connectivity index (χ4n) is 1.58. The third-order valence-electron chi connectivity index (χ3n) is 2.26. The Morgan fingerprint density at radius 1 is 1.18 bits per heavy atom. The Morgan fingerprint density at radius 2 is 2.00 bits per heavy atom. The van der Waals surface area contributed by atoms with Crippen molar-refractivity contribution >= 4 is 0 Å². The third kappa shape index (κ3) is 1.43. The Hall–Kier alpha value is -0.820. The highest BCUT2D eigenvalue weighted by molar-refractivity contribution is 5.20. The van der Waals surface area contributed by atoms with Crippen LogP contribution in [0.4, 0.5) is 0 Å². The lowest BCUT2D eigenvalue weighted by Gasteiger charge is -2.06. The predicted octanol–water partition coefficient (Wildman–Crippen LogP) is 1.78. The summed E-state index contributed by atoms with van der Waals surface area (Å²) in [6, 6.07) is 10.7. The van der Waals surface area contributed by atoms with E-state index >= 15 is 0 Å². The highest BCUT2D eigenvalue weighted by Gasteiger charge is 2.16. The summed E-state index contributed by atoms with van der Waals surface area (Å²) in [7, 11) is 0. The number of benzene rings is 1. The normalized spacial score (nSPS) is 23.8. The topological polar surface area (TPSA) is 14.1 Å². The maximum atomic E-state index is 4.34. The summed E-state index contributed by atoms with van der Waals surface area (Å²) in [5.74, 6) is 0.705. The smallest absolute Gasteiger partial charge is 0.0202 e. The van der Waals surface area contributed by atoms with Crippen LogP contribution in [0.2, 0.25) is 0 Å². The average Bonchev–Trinajstić information content (AvgIpc) is 2.58. The van der Waals surface area contributed by atoms with Crippen molar-refractivity contribution in [3.8, 4) is 0 Å². The quantitative estimate of drug-likeness (QED) is 0.573. The molecular weight excluding hydrogens is 134 g/mol. The Balaban J connectivity index is 2.16. The standard InChI is InChI=1S/C10H12N/c1-2-4-9(5-3-1)10-6-7-11-8-10/h1-5,10H,6-8H2/t10-/m1/s1. The molecule has 0 bridgehead atoms. The van der Waals surface area contributed by atoms with Crippen molar-refractivity contribution in [2.45, 2.75) is 12.3 Å². The maximum absolute atomic E-state index is 4.34. The molecule has 1 atom stereocenters. The van der Waals surface area contributed by atoms with Gasteiger partial charge in [0.2, 0.25) is 0 Å². The molecule has 0 N–H and O–H groups in total. The van der Waals surface area contributed by atoms with Crippen molar-refractivity contribution in [2.24, 2.45) is 0 Å². The van der Waals surface area contributed by atoms with Gasteiger partial charge in [-0.1, -0.05) is 30.3 Å². The van der Waals surface area contributed by atoms with Gasteiger partial charge in [-0.2, -0.15) is 0 Å². The Labute approximate surface area is 67.4 Å². The SMILES string of the molecule is c1ccc([C@@H]2CC[N]C2)cc1. The molecule has 11 heavy (non-hydrogen) atoms. The van der Waals surface area contributed by atoms with Crippen LogP contribution >= 0.6 is 0 Å². The number of rotatable bonds is 1. The summed E-state index contributed by atoms with van der Waals surface area (Å²) >= 11 is 0. The lowest BCUT2D eigenvalue weighted by atomic mass is 9.99. The first-order valence-electron chi connectivity index (χ1n) is 4.15. The number of hydrogen-bond donors (Lipinski definition) is 0. The van der Waals surface area contributed by atoms with Gasteiger partial charge in [-0.3, -0.25) is 0 Å². The summed E-state index contributed by atoms with van der Waals surface area (Å²) in [6.07, 6.45) is 1.24. The Bertz CT molecular complexity index is 212. The fourth-order valence-corrected chi connectivity index (χ4v) is 1.58. The van der Waals surface area contributed by atoms with Crippen LogP contribution in [0.25, 0.3) is 0 Å². The van der Waals surface area contributed by atoms with Gasteiger partial charge < -0.3 is 0 Å². The minimum Gasteiger partial charge on any atom is -0.241 e. The van der Waals surface area contributed by atoms with Crippen LogP contribution < -0.4 is 5.32 Å². The van der Waals surface area contributed by atoms with E-state index in [-0.39, 0.29) is 0 Å². The molecule has 0 aliphatic carbocycles. The van der Waals surface area contributed by atoms with Crippen LogP contribution in [0, 0.1) is 0 Å². The van der Waals surface area contributed by atoms with Crippen LogP contribution in [-0.4, -0.2) is 13.1 Å². The van der Waals surface area contributed by atoms with E-state index in [4.69, 9.17) is 0 Å². The van der Waals surface area contributed by atoms with Gasteiger partial charge in [-0.25, -0.2) is 5.32 Å². The molecule has 1 saturated heterocycles. The highest BCUT2D eigenvalue weighted by Crippen LogP contribution is 2.21. The first-order chi connectivity index (χ1) is 5.47. The van der Waals surface area contributed by atoms with Gasteiger partial charge in [0, 0.05) is 13.1 Å². The van der Waals surface area contributed by atoms with E-state index in [1.54, 1.807) is 0 Å². The van der Waals surface area contributed by atoms with Gasteiger partial charge in [-0.05, 0) is 17.9 Å². The minimum atomic E-state index is 0.705. The molecule has 0 unspecified atom stereocenters. The molecule has 1 aliphatic heterocycles. The summed E-state index contributed by atoms with van der Waals surface area (Å²) in [5.41, 5.74) is 1.45. The zero-order chi connectivity index (χ0) is 7.52. The van der Waals surface area contributed by atoms with E-state index in [0.717, 1.165) is 13.1 Å². The second-order valence-corrected chi connectivity index (χ2v) is 3.03. The summed E-state index contributed by atoms with van der Waals surface area (Å²) in [6.45, 7) is 2.09. The minimum absolute atomic E-state index is 0.705. The maximum Gasteiger partial charge on any atom is 0.0202 e. The molecule has 1 radical (unpaired) electrons. The Kier molecular flexibility index (Phi) is 1.91. The van der Waals surface area contributed by atoms with Crippen molar-refractivity contribution in [2.75, 3.05) is 13.1 Å². The molecule has 1 fully saturated rings. The van der Waals surface area contributed by atoms with E-state index in [9.17, 15) is 0 Å². The lowest BCUT2D eigenvalue weighted by molar-refractivity contribution is 0.759. The Morgan fingerprint density at radius 3 is 2.64 bits per heavy atom. The molecular formula is C10H12N. The van der Waals surface area contributed by atoms with Crippen LogP contribution in [-0.2, 0) is 0 Å². The molecule has 1 aromatic rings. The molecule has 0 amide bonds. The van der Waals surface area contributed by atoms with Crippen molar-refractivity contribution in [3.05, 3.63) is 35.9 Å². The summed E-state index contributed by atoms with van der Waals surface area (Å²) in [5, 5.41) is 4.34. The van der Waals surface area contributed by atoms with E-state index in [1.807, 2.05) is 0 Å². The van der Waals surface area contributed by atoms with Gasteiger partial charge >= 0.3 is 0 Å². The van der Waals surface area contributed by atoms with Gasteiger partial charge in [0.05, 0.1) is 0 Å². The summed E-state index contributed by atoms with van der Waals surface area (Å²) in [4.78, 5) is 0. The first kappa shape index (κ1) is 6.86. The second-order valence-electron chi connectivity index (χ2n) is 3.03. The molecule has 0 spiro atoms. The van der Waals surface area contributed by atoms with Crippen LogP contribution in [0.1, 0.15) is 17.9 Å². The monoisotopic (exact) mass is 146 g/mol. The van der Waals surface area contributed by atoms with Crippen molar-refractivity contribution < 1.29 is 0 Å². The molecule has 1 aliphatic rings. The molecule has 1 heteroatoms. The average molecular weight is 146 g/mol. The van der Waals surface area contributed by atoms with Crippen LogP contribution in [0.15, 0.2) is 30.3 Å². The highest BCUT2D eigenvalue weighted by atomic mass is 14.9. The van der Waals surface area contributed by atoms with Crippen molar-refractivity contribution in [1.29, 1.82) is 0 Å². The molecule has 0 aromatic heterocycles. The zero-order valence-electron chi connectivity index (χ0n) is 6.53. The molecule has 1 nitrogen and oxygen atoms in total. The van der Waals surface area contributed by atoms with Crippen molar-refractivity contribution in [1.82, 2.24) is 5.32 Å². The molecule has 0 saturated carbocycles. The molecule has 1 aromatic carbocycles. The van der Waals surface area contributed by atoms with Gasteiger partial charge in [0.25, 0.3) is 0 Å². The molecule has 1 heterocycles.